The van der Waals surface area contributed by atoms with Crippen molar-refractivity contribution in [2.75, 3.05) is 50.0 Å². The number of hydrogen-bond acceptors (Lipinski definition) is 4. The van der Waals surface area contributed by atoms with Crippen LogP contribution < -0.4 is 20.7 Å². The van der Waals surface area contributed by atoms with E-state index in [1.165, 1.54) is 6.07 Å². The molecule has 1 aliphatic rings. The third kappa shape index (κ3) is 8.70. The molecular weight excluding hydrogens is 516 g/mol. The summed E-state index contributed by atoms with van der Waals surface area (Å²) < 4.78 is 45.0. The summed E-state index contributed by atoms with van der Waals surface area (Å²) in [6.45, 7) is 7.23. The van der Waals surface area contributed by atoms with Gasteiger partial charge in [0.1, 0.15) is 12.4 Å². The number of halogens is 6. The van der Waals surface area contributed by atoms with Crippen molar-refractivity contribution in [3.63, 3.8) is 0 Å². The van der Waals surface area contributed by atoms with Crippen molar-refractivity contribution in [1.82, 2.24) is 10.2 Å². The van der Waals surface area contributed by atoms with Gasteiger partial charge in [0.25, 0.3) is 0 Å². The van der Waals surface area contributed by atoms with Crippen LogP contribution in [0, 0.1) is 0 Å². The fourth-order valence-electron chi connectivity index (χ4n) is 3.39. The summed E-state index contributed by atoms with van der Waals surface area (Å²) >= 11 is 5.62. The first-order valence-corrected chi connectivity index (χ1v) is 10.8. The first-order chi connectivity index (χ1) is 15.3. The molecule has 2 aromatic carbocycles. The van der Waals surface area contributed by atoms with Crippen molar-refractivity contribution in [1.29, 1.82) is 0 Å². The Hall–Kier alpha value is -1.91. The topological polar surface area (TPSA) is 65.6 Å². The minimum absolute atomic E-state index is 0. The fourth-order valence-corrected chi connectivity index (χ4v) is 3.62. The predicted molar refractivity (Wildman–Crippen MR) is 134 cm³/mol. The van der Waals surface area contributed by atoms with Crippen LogP contribution in [0.25, 0.3) is 0 Å². The highest BCUT2D eigenvalue weighted by Crippen LogP contribution is 2.36. The number of ether oxygens (including phenoxy) is 1. The zero-order valence-electron chi connectivity index (χ0n) is 18.5. The number of amides is 2. The van der Waals surface area contributed by atoms with Crippen molar-refractivity contribution >= 4 is 53.8 Å². The van der Waals surface area contributed by atoms with Gasteiger partial charge < -0.3 is 20.7 Å². The summed E-state index contributed by atoms with van der Waals surface area (Å²) in [4.78, 5) is 14.6. The minimum atomic E-state index is -4.61. The van der Waals surface area contributed by atoms with Gasteiger partial charge in [-0.25, -0.2) is 4.79 Å². The quantitative estimate of drug-likeness (QED) is 0.420. The molecule has 0 bridgehead atoms. The average Bonchev–Trinajstić information content (AvgIpc) is 2.75. The zero-order valence-corrected chi connectivity index (χ0v) is 20.9. The molecule has 0 spiro atoms. The number of hydrogen-bond donors (Lipinski definition) is 3. The molecule has 3 N–H and O–H groups in total. The molecule has 1 fully saturated rings. The van der Waals surface area contributed by atoms with E-state index in [-0.39, 0.29) is 30.5 Å². The van der Waals surface area contributed by atoms with Crippen molar-refractivity contribution < 1.29 is 22.7 Å². The Morgan fingerprint density at radius 3 is 2.32 bits per heavy atom. The van der Waals surface area contributed by atoms with Gasteiger partial charge in [-0.15, -0.1) is 24.8 Å². The lowest BCUT2D eigenvalue weighted by Crippen LogP contribution is -2.44. The summed E-state index contributed by atoms with van der Waals surface area (Å²) in [5, 5.41) is 7.91. The molecule has 12 heteroatoms. The van der Waals surface area contributed by atoms with E-state index >= 15 is 0 Å². The van der Waals surface area contributed by atoms with Crippen LogP contribution in [0.5, 0.6) is 5.75 Å². The summed E-state index contributed by atoms with van der Waals surface area (Å²) in [6, 6.07) is 7.84. The molecular formula is C22H28Cl3F3N4O2. The van der Waals surface area contributed by atoms with Gasteiger partial charge in [-0.05, 0) is 36.2 Å². The first-order valence-electron chi connectivity index (χ1n) is 10.4. The Balaban J connectivity index is 0.00000289. The number of carbonyl (C=O) groups is 1. The molecule has 2 aromatic rings. The number of aryl methyl sites for hydroxylation is 1. The number of carbonyl (C=O) groups excluding carboxylic acids is 1. The van der Waals surface area contributed by atoms with Crippen LogP contribution in [0.1, 0.15) is 18.1 Å². The summed E-state index contributed by atoms with van der Waals surface area (Å²) in [7, 11) is 0. The highest BCUT2D eigenvalue weighted by Gasteiger charge is 2.33. The van der Waals surface area contributed by atoms with Gasteiger partial charge in [0.15, 0.2) is 0 Å². The summed E-state index contributed by atoms with van der Waals surface area (Å²) in [6.07, 6.45) is -3.85. The van der Waals surface area contributed by atoms with E-state index in [4.69, 9.17) is 16.3 Å². The molecule has 0 aliphatic carbocycles. The van der Waals surface area contributed by atoms with Crippen LogP contribution in [0.2, 0.25) is 5.02 Å². The Kier molecular flexibility index (Phi) is 12.3. The molecule has 0 radical (unpaired) electrons. The van der Waals surface area contributed by atoms with Crippen LogP contribution in [-0.4, -0.2) is 50.3 Å². The maximum absolute atomic E-state index is 13.0. The van der Waals surface area contributed by atoms with Crippen molar-refractivity contribution in [2.45, 2.75) is 19.5 Å². The van der Waals surface area contributed by atoms with Crippen molar-refractivity contribution in [2.24, 2.45) is 0 Å². The summed E-state index contributed by atoms with van der Waals surface area (Å²) in [5.74, 6) is 0.672. The Bertz CT molecular complexity index is 942. The van der Waals surface area contributed by atoms with E-state index in [2.05, 4.69) is 20.9 Å². The molecule has 1 aliphatic heterocycles. The van der Waals surface area contributed by atoms with Crippen LogP contribution in [0.3, 0.4) is 0 Å². The number of benzene rings is 2. The smallest absolute Gasteiger partial charge is 0.417 e. The van der Waals surface area contributed by atoms with Gasteiger partial charge in [-0.3, -0.25) is 4.90 Å². The van der Waals surface area contributed by atoms with Gasteiger partial charge in [0.05, 0.1) is 10.6 Å². The third-order valence-electron chi connectivity index (χ3n) is 5.11. The van der Waals surface area contributed by atoms with E-state index in [1.807, 2.05) is 13.0 Å². The maximum atomic E-state index is 13.0. The number of anilines is 2. The number of urea groups is 1. The van der Waals surface area contributed by atoms with Gasteiger partial charge in [0.2, 0.25) is 0 Å². The highest BCUT2D eigenvalue weighted by atomic mass is 35.5. The molecule has 1 heterocycles. The van der Waals surface area contributed by atoms with Crippen molar-refractivity contribution in [3.8, 4) is 5.75 Å². The molecule has 0 atom stereocenters. The number of piperazine rings is 1. The second kappa shape index (κ2) is 13.8. The summed E-state index contributed by atoms with van der Waals surface area (Å²) in [5.41, 5.74) is 0.451. The van der Waals surface area contributed by atoms with E-state index in [9.17, 15) is 18.0 Å². The first kappa shape index (κ1) is 30.1. The largest absolute Gasteiger partial charge is 0.492 e. The van der Waals surface area contributed by atoms with Crippen molar-refractivity contribution in [3.05, 3.63) is 52.5 Å². The fraction of sp³-hybridized carbons (Fsp3) is 0.409. The molecule has 0 unspecified atom stereocenters. The Morgan fingerprint density at radius 2 is 1.71 bits per heavy atom. The molecule has 6 nitrogen and oxygen atoms in total. The number of nitrogens with zero attached hydrogens (tertiary/aromatic N) is 1. The highest BCUT2D eigenvalue weighted by molar-refractivity contribution is 6.31. The lowest BCUT2D eigenvalue weighted by molar-refractivity contribution is -0.137. The second-order valence-electron chi connectivity index (χ2n) is 7.39. The molecule has 0 saturated carbocycles. The predicted octanol–water partition coefficient (Wildman–Crippen LogP) is 5.69. The van der Waals surface area contributed by atoms with Gasteiger partial charge in [0, 0.05) is 50.2 Å². The number of alkyl halides is 3. The minimum Gasteiger partial charge on any atom is -0.492 e. The zero-order chi connectivity index (χ0) is 23.1. The molecule has 190 valence electrons. The molecule has 3 rings (SSSR count). The molecule has 0 aromatic heterocycles. The normalized spacial score (nSPS) is 13.9. The van der Waals surface area contributed by atoms with E-state index in [0.29, 0.717) is 18.0 Å². The van der Waals surface area contributed by atoms with E-state index < -0.39 is 22.8 Å². The second-order valence-corrected chi connectivity index (χ2v) is 7.79. The molecule has 1 saturated heterocycles. The number of nitrogens with one attached hydrogen (secondary N) is 3. The van der Waals surface area contributed by atoms with Crippen LogP contribution in [-0.2, 0) is 12.6 Å². The lowest BCUT2D eigenvalue weighted by Gasteiger charge is -2.27. The average molecular weight is 544 g/mol. The Morgan fingerprint density at radius 1 is 1.09 bits per heavy atom. The standard InChI is InChI=1S/C22H26ClF3N4O2.2ClH/c1-2-15-3-4-17(14-20(15)32-12-11-30-9-7-27-8-10-30)29-21(31)28-16-5-6-19(23)18(13-16)22(24,25)26;;/h3-6,13-14,27H,2,7-12H2,1H3,(H2,28,29,31);2*1H. The lowest BCUT2D eigenvalue weighted by atomic mass is 10.1. The van der Waals surface area contributed by atoms with Gasteiger partial charge >= 0.3 is 12.2 Å². The Labute approximate surface area is 214 Å². The monoisotopic (exact) mass is 542 g/mol. The number of rotatable bonds is 7. The van der Waals surface area contributed by atoms with Gasteiger partial charge in [-0.1, -0.05) is 24.6 Å². The van der Waals surface area contributed by atoms with Crippen LogP contribution in [0.4, 0.5) is 29.3 Å². The van der Waals surface area contributed by atoms with E-state index in [0.717, 1.165) is 56.8 Å². The SMILES string of the molecule is CCc1ccc(NC(=O)Nc2ccc(Cl)c(C(F)(F)F)c2)cc1OCCN1CCNCC1.Cl.Cl. The van der Waals surface area contributed by atoms with E-state index in [1.54, 1.807) is 12.1 Å². The third-order valence-corrected chi connectivity index (χ3v) is 5.44. The van der Waals surface area contributed by atoms with Crippen LogP contribution in [0.15, 0.2) is 36.4 Å². The maximum Gasteiger partial charge on any atom is 0.417 e. The van der Waals surface area contributed by atoms with Gasteiger partial charge in [-0.2, -0.15) is 13.2 Å². The molecule has 2 amide bonds. The molecule has 34 heavy (non-hydrogen) atoms. The van der Waals surface area contributed by atoms with Crippen LogP contribution >= 0.6 is 36.4 Å².